The first-order valence-corrected chi connectivity index (χ1v) is 24.7. The molecule has 4 fully saturated rings. The summed E-state index contributed by atoms with van der Waals surface area (Å²) in [4.78, 5) is 17.6. The number of primary sulfonamides is 1. The monoisotopic (exact) mass is 805 g/mol. The predicted molar refractivity (Wildman–Crippen MR) is 218 cm³/mol. The summed E-state index contributed by atoms with van der Waals surface area (Å²) in [5.74, 6) is 0.179. The molecule has 2 aliphatic heterocycles. The standard InChI is InChI=1S/C22H30N2O3S.C13H13NO.C8H16N2O2S/c25-21(14-28(26,27)18-9-11-24(12-10-18)17-7-8-17)23-22-19-5-1-3-15(19)13-16-4-2-6-20(16)22;14-8-15-13-11-5-1-3-9(11)7-10-4-2-6-12(10)13;9-13(11,12)8-3-5-10(6-4-8)7-1-2-7/h13,17-18H,1-12,14H2,(H,23,25);7H,1-6H2;7-8H,1-6H2,(H2,9,11,12). The van der Waals surface area contributed by atoms with Crippen LogP contribution in [0.5, 0.6) is 5.75 Å². The lowest BCUT2D eigenvalue weighted by molar-refractivity contribution is -0.113. The Morgan fingerprint density at radius 2 is 1.07 bits per heavy atom. The Morgan fingerprint density at radius 1 is 0.661 bits per heavy atom. The first-order chi connectivity index (χ1) is 27.0. The molecule has 2 saturated heterocycles. The molecule has 6 aliphatic carbocycles. The van der Waals surface area contributed by atoms with Crippen molar-refractivity contribution in [2.75, 3.05) is 37.2 Å². The number of carbonyl (C=O) groups excluding carboxylic acids is 1. The molecule has 1 amide bonds. The van der Waals surface area contributed by atoms with Crippen LogP contribution in [0.1, 0.15) is 122 Å². The number of nitriles is 1. The number of hydrogen-bond acceptors (Lipinski definition) is 9. The van der Waals surface area contributed by atoms with Crippen molar-refractivity contribution < 1.29 is 26.4 Å². The Hall–Kier alpha value is -3.02. The molecule has 8 aliphatic rings. The number of hydrogen-bond donors (Lipinski definition) is 2. The van der Waals surface area contributed by atoms with Crippen molar-refractivity contribution in [2.45, 2.75) is 151 Å². The number of nitrogens with two attached hydrogens (primary N) is 1. The minimum Gasteiger partial charge on any atom is -0.387 e. The minimum atomic E-state index is -3.40. The molecule has 0 radical (unpaired) electrons. The van der Waals surface area contributed by atoms with Crippen molar-refractivity contribution in [1.82, 2.24) is 9.80 Å². The number of sulfonamides is 1. The maximum absolute atomic E-state index is 12.9. The van der Waals surface area contributed by atoms with Gasteiger partial charge in [-0.05, 0) is 199 Å². The van der Waals surface area contributed by atoms with Gasteiger partial charge in [-0.15, -0.1) is 5.26 Å². The van der Waals surface area contributed by atoms with Crippen LogP contribution in [0.3, 0.4) is 0 Å². The number of piperidine rings is 2. The van der Waals surface area contributed by atoms with E-state index in [0.29, 0.717) is 18.9 Å². The zero-order valence-electron chi connectivity index (χ0n) is 32.8. The Bertz CT molecular complexity index is 2010. The van der Waals surface area contributed by atoms with E-state index >= 15 is 0 Å². The summed E-state index contributed by atoms with van der Waals surface area (Å²) in [6.07, 6.45) is 23.0. The number of aryl methyl sites for hydroxylation is 4. The molecule has 3 N–H and O–H groups in total. The van der Waals surface area contributed by atoms with Gasteiger partial charge < -0.3 is 19.9 Å². The van der Waals surface area contributed by atoms with Crippen LogP contribution in [0.25, 0.3) is 0 Å². The summed E-state index contributed by atoms with van der Waals surface area (Å²) in [6.45, 7) is 3.53. The fourth-order valence-corrected chi connectivity index (χ4v) is 12.9. The van der Waals surface area contributed by atoms with Crippen molar-refractivity contribution in [3.63, 3.8) is 0 Å². The molecule has 2 aromatic carbocycles. The number of fused-ring (bicyclic) bond motifs is 4. The molecule has 304 valence electrons. The van der Waals surface area contributed by atoms with Gasteiger partial charge in [0.15, 0.2) is 9.84 Å². The highest BCUT2D eigenvalue weighted by atomic mass is 32.2. The molecule has 10 rings (SSSR count). The van der Waals surface area contributed by atoms with E-state index in [-0.39, 0.29) is 22.2 Å². The first-order valence-electron chi connectivity index (χ1n) is 21.4. The van der Waals surface area contributed by atoms with Gasteiger partial charge in [-0.3, -0.25) is 4.79 Å². The van der Waals surface area contributed by atoms with E-state index in [4.69, 9.17) is 15.1 Å². The van der Waals surface area contributed by atoms with Crippen LogP contribution in [0, 0.1) is 11.5 Å². The van der Waals surface area contributed by atoms with E-state index in [2.05, 4.69) is 27.2 Å². The van der Waals surface area contributed by atoms with Crippen LogP contribution in [0.2, 0.25) is 0 Å². The highest BCUT2D eigenvalue weighted by molar-refractivity contribution is 7.92. The second-order valence-electron chi connectivity index (χ2n) is 17.5. The largest absolute Gasteiger partial charge is 0.387 e. The Morgan fingerprint density at radius 3 is 1.48 bits per heavy atom. The molecule has 0 aromatic heterocycles. The molecule has 2 heterocycles. The number of anilines is 1. The average molecular weight is 806 g/mol. The van der Waals surface area contributed by atoms with Gasteiger partial charge in [-0.2, -0.15) is 0 Å². The number of likely N-dealkylation sites (tertiary alicyclic amines) is 2. The van der Waals surface area contributed by atoms with Gasteiger partial charge in [-0.25, -0.2) is 22.0 Å². The zero-order valence-corrected chi connectivity index (χ0v) is 34.5. The van der Waals surface area contributed by atoms with E-state index in [1.54, 1.807) is 0 Å². The fourth-order valence-electron chi connectivity index (χ4n) is 10.4. The maximum atomic E-state index is 12.9. The molecular formula is C43H59N5O6S2. The van der Waals surface area contributed by atoms with Crippen molar-refractivity contribution in [1.29, 1.82) is 5.26 Å². The molecule has 11 nitrogen and oxygen atoms in total. The predicted octanol–water partition coefficient (Wildman–Crippen LogP) is 5.07. The molecule has 0 unspecified atom stereocenters. The third-order valence-corrected chi connectivity index (χ3v) is 17.2. The van der Waals surface area contributed by atoms with Crippen molar-refractivity contribution in [2.24, 2.45) is 5.14 Å². The number of amides is 1. The maximum Gasteiger partial charge on any atom is 0.292 e. The number of carbonyl (C=O) groups is 1. The number of nitrogens with one attached hydrogen (secondary N) is 1. The molecular weight excluding hydrogens is 747 g/mol. The van der Waals surface area contributed by atoms with Crippen molar-refractivity contribution in [3.05, 3.63) is 56.6 Å². The van der Waals surface area contributed by atoms with Gasteiger partial charge in [0.05, 0.1) is 10.5 Å². The second kappa shape index (κ2) is 16.7. The SMILES string of the molecule is N#COc1c2c(cc3c1CCC3)CCC2.NS(=O)(=O)C1CCN(C2CC2)CC1.O=C(CS(=O)(=O)C1CCN(C2CC2)CC1)Nc1c2c(cc3c1CCC3)CCC2. The molecule has 13 heteroatoms. The van der Waals surface area contributed by atoms with Crippen LogP contribution < -0.4 is 15.2 Å². The topological polar surface area (TPSA) is 163 Å². The van der Waals surface area contributed by atoms with Gasteiger partial charge in [-0.1, -0.05) is 12.1 Å². The Kier molecular flexibility index (Phi) is 11.9. The Labute approximate surface area is 333 Å². The summed E-state index contributed by atoms with van der Waals surface area (Å²) in [5.41, 5.74) is 11.6. The molecule has 2 saturated carbocycles. The smallest absolute Gasteiger partial charge is 0.292 e. The Balaban J connectivity index is 0.000000132. The highest BCUT2D eigenvalue weighted by Crippen LogP contribution is 2.41. The molecule has 0 atom stereocenters. The summed E-state index contributed by atoms with van der Waals surface area (Å²) >= 11 is 0. The van der Waals surface area contributed by atoms with Crippen LogP contribution in [0.4, 0.5) is 5.69 Å². The van der Waals surface area contributed by atoms with Gasteiger partial charge in [0.1, 0.15) is 11.5 Å². The van der Waals surface area contributed by atoms with Crippen LogP contribution in [0.15, 0.2) is 12.1 Å². The van der Waals surface area contributed by atoms with E-state index < -0.39 is 19.9 Å². The van der Waals surface area contributed by atoms with E-state index in [0.717, 1.165) is 121 Å². The van der Waals surface area contributed by atoms with Crippen LogP contribution >= 0.6 is 0 Å². The highest BCUT2D eigenvalue weighted by Gasteiger charge is 2.38. The fraction of sp³-hybridized carbons (Fsp3) is 0.674. The lowest BCUT2D eigenvalue weighted by Crippen LogP contribution is -2.42. The van der Waals surface area contributed by atoms with E-state index in [1.807, 2.05) is 6.26 Å². The number of sulfone groups is 1. The molecule has 56 heavy (non-hydrogen) atoms. The zero-order chi connectivity index (χ0) is 39.0. The number of benzene rings is 2. The third kappa shape index (κ3) is 9.00. The number of rotatable bonds is 8. The lowest BCUT2D eigenvalue weighted by atomic mass is 9.98. The molecule has 2 aromatic rings. The summed E-state index contributed by atoms with van der Waals surface area (Å²) < 4.78 is 53.0. The van der Waals surface area contributed by atoms with Crippen molar-refractivity contribution in [3.8, 4) is 12.0 Å². The third-order valence-electron chi connectivity index (χ3n) is 13.7. The second-order valence-corrected chi connectivity index (χ2v) is 21.6. The lowest BCUT2D eigenvalue weighted by Gasteiger charge is -2.31. The number of nitrogens with zero attached hydrogens (tertiary/aromatic N) is 3. The summed E-state index contributed by atoms with van der Waals surface area (Å²) in [5, 5.41) is 16.2. The van der Waals surface area contributed by atoms with Crippen molar-refractivity contribution >= 4 is 31.5 Å². The molecule has 0 bridgehead atoms. The van der Waals surface area contributed by atoms with Gasteiger partial charge >= 0.3 is 0 Å². The van der Waals surface area contributed by atoms with Gasteiger partial charge in [0, 0.05) is 17.8 Å². The van der Waals surface area contributed by atoms with Gasteiger partial charge in [0.2, 0.25) is 15.9 Å². The minimum absolute atomic E-state index is 0.289. The van der Waals surface area contributed by atoms with Crippen LogP contribution in [-0.2, 0) is 76.0 Å². The van der Waals surface area contributed by atoms with E-state index in [9.17, 15) is 21.6 Å². The first kappa shape index (κ1) is 39.8. The van der Waals surface area contributed by atoms with Gasteiger partial charge in [0.25, 0.3) is 6.26 Å². The summed E-state index contributed by atoms with van der Waals surface area (Å²) in [7, 11) is -6.68. The van der Waals surface area contributed by atoms with E-state index in [1.165, 1.54) is 83.0 Å². The normalized spacial score (nSPS) is 22.4. The van der Waals surface area contributed by atoms with Crippen LogP contribution in [-0.4, -0.2) is 87.1 Å². The number of ether oxygens (including phenoxy) is 1. The average Bonchev–Trinajstić information content (AvgIpc) is 3.96. The molecule has 0 spiro atoms. The quantitative estimate of drug-likeness (QED) is 0.347. The summed E-state index contributed by atoms with van der Waals surface area (Å²) in [6, 6.07) is 6.11.